The third kappa shape index (κ3) is 3.65. The van der Waals surface area contributed by atoms with Gasteiger partial charge in [0.2, 0.25) is 0 Å². The second-order valence-electron chi connectivity index (χ2n) is 5.21. The first-order chi connectivity index (χ1) is 11.6. The van der Waals surface area contributed by atoms with Crippen molar-refractivity contribution in [3.8, 4) is 5.75 Å². The lowest BCUT2D eigenvalue weighted by molar-refractivity contribution is -0.127. The number of hydrazone groups is 1. The Balaban J connectivity index is 1.61. The van der Waals surface area contributed by atoms with Crippen molar-refractivity contribution in [2.45, 2.75) is 13.0 Å². The number of rotatable bonds is 5. The van der Waals surface area contributed by atoms with Gasteiger partial charge in [0.05, 0.1) is 10.7 Å². The highest BCUT2D eigenvalue weighted by atomic mass is 79.9. The molecule has 0 radical (unpaired) electrons. The molecule has 0 aliphatic heterocycles. The number of halogens is 1. The minimum atomic E-state index is -0.663. The molecule has 0 spiro atoms. The highest BCUT2D eigenvalue weighted by molar-refractivity contribution is 9.10. The Morgan fingerprint density at radius 3 is 2.83 bits per heavy atom. The number of nitrogens with zero attached hydrogens (tertiary/aromatic N) is 1. The first-order valence-corrected chi connectivity index (χ1v) is 8.24. The predicted molar refractivity (Wildman–Crippen MR) is 98.3 cm³/mol. The van der Waals surface area contributed by atoms with Crippen LogP contribution in [0.2, 0.25) is 0 Å². The number of amides is 1. The Labute approximate surface area is 147 Å². The van der Waals surface area contributed by atoms with E-state index in [9.17, 15) is 4.79 Å². The molecule has 0 aliphatic carbocycles. The molecule has 2 aromatic carbocycles. The molecule has 5 nitrogen and oxygen atoms in total. The summed E-state index contributed by atoms with van der Waals surface area (Å²) in [6, 6.07) is 15.3. The van der Waals surface area contributed by atoms with Crippen molar-refractivity contribution in [3.63, 3.8) is 0 Å². The molecule has 1 heterocycles. The summed E-state index contributed by atoms with van der Waals surface area (Å²) in [5.74, 6) is 0.294. The molecule has 1 amide bonds. The molecule has 0 saturated carbocycles. The molecule has 6 heteroatoms. The van der Waals surface area contributed by atoms with Crippen LogP contribution < -0.4 is 10.2 Å². The number of carbonyl (C=O) groups is 1. The predicted octanol–water partition coefficient (Wildman–Crippen LogP) is 3.85. The number of nitrogens with one attached hydrogen (secondary N) is 2. The number of aromatic amines is 1. The first kappa shape index (κ1) is 16.3. The average Bonchev–Trinajstić information content (AvgIpc) is 3.00. The van der Waals surface area contributed by atoms with Crippen LogP contribution in [0.3, 0.4) is 0 Å². The van der Waals surface area contributed by atoms with Gasteiger partial charge < -0.3 is 9.72 Å². The maximum absolute atomic E-state index is 12.1. The van der Waals surface area contributed by atoms with Gasteiger partial charge in [0.15, 0.2) is 6.10 Å². The molecule has 3 rings (SSSR count). The van der Waals surface area contributed by atoms with Crippen molar-refractivity contribution in [1.29, 1.82) is 0 Å². The van der Waals surface area contributed by atoms with E-state index in [1.807, 2.05) is 48.7 Å². The topological polar surface area (TPSA) is 66.5 Å². The summed E-state index contributed by atoms with van der Waals surface area (Å²) in [5, 5.41) is 5.06. The monoisotopic (exact) mass is 385 g/mol. The number of carbonyl (C=O) groups excluding carboxylic acids is 1. The zero-order valence-electron chi connectivity index (χ0n) is 13.0. The van der Waals surface area contributed by atoms with E-state index in [-0.39, 0.29) is 5.91 Å². The van der Waals surface area contributed by atoms with Gasteiger partial charge >= 0.3 is 0 Å². The van der Waals surface area contributed by atoms with Crippen LogP contribution in [-0.4, -0.2) is 23.2 Å². The van der Waals surface area contributed by atoms with Gasteiger partial charge in [0, 0.05) is 22.7 Å². The van der Waals surface area contributed by atoms with Crippen LogP contribution in [0.15, 0.2) is 64.3 Å². The first-order valence-electron chi connectivity index (χ1n) is 7.45. The number of benzene rings is 2. The second kappa shape index (κ2) is 7.31. The number of hydrogen-bond donors (Lipinski definition) is 2. The molecular weight excluding hydrogens is 370 g/mol. The van der Waals surface area contributed by atoms with Gasteiger partial charge in [0.25, 0.3) is 5.91 Å². The van der Waals surface area contributed by atoms with E-state index in [1.165, 1.54) is 0 Å². The lowest BCUT2D eigenvalue weighted by Gasteiger charge is -2.13. The smallest absolute Gasteiger partial charge is 0.280 e. The molecule has 2 N–H and O–H groups in total. The molecule has 0 saturated heterocycles. The third-order valence-corrected chi connectivity index (χ3v) is 4.16. The fourth-order valence-corrected chi connectivity index (χ4v) is 2.62. The zero-order chi connectivity index (χ0) is 16.9. The summed E-state index contributed by atoms with van der Waals surface area (Å²) in [7, 11) is 0. The number of para-hydroxylation sites is 2. The molecule has 24 heavy (non-hydrogen) atoms. The molecule has 1 aromatic heterocycles. The number of H-pyrrole nitrogens is 1. The summed E-state index contributed by atoms with van der Waals surface area (Å²) in [4.78, 5) is 15.2. The molecule has 0 aliphatic rings. The van der Waals surface area contributed by atoms with Gasteiger partial charge in [-0.05, 0) is 41.1 Å². The Morgan fingerprint density at radius 2 is 2.00 bits per heavy atom. The van der Waals surface area contributed by atoms with E-state index < -0.39 is 6.10 Å². The second-order valence-corrected chi connectivity index (χ2v) is 6.07. The van der Waals surface area contributed by atoms with Crippen molar-refractivity contribution in [1.82, 2.24) is 10.4 Å². The summed E-state index contributed by atoms with van der Waals surface area (Å²) in [6.07, 6.45) is 2.80. The van der Waals surface area contributed by atoms with E-state index in [4.69, 9.17) is 4.74 Å². The summed E-state index contributed by atoms with van der Waals surface area (Å²) in [6.45, 7) is 1.68. The summed E-state index contributed by atoms with van der Waals surface area (Å²) < 4.78 is 6.42. The molecule has 3 aromatic rings. The van der Waals surface area contributed by atoms with Crippen molar-refractivity contribution in [2.24, 2.45) is 5.10 Å². The maximum Gasteiger partial charge on any atom is 0.280 e. The number of aromatic nitrogens is 1. The van der Waals surface area contributed by atoms with Gasteiger partial charge in [-0.25, -0.2) is 5.43 Å². The third-order valence-electron chi connectivity index (χ3n) is 3.51. The number of ether oxygens (including phenoxy) is 1. The minimum Gasteiger partial charge on any atom is -0.480 e. The fraction of sp³-hybridized carbons (Fsp3) is 0.111. The molecule has 0 fully saturated rings. The Hall–Kier alpha value is -2.60. The van der Waals surface area contributed by atoms with Gasteiger partial charge in [0.1, 0.15) is 5.75 Å². The van der Waals surface area contributed by atoms with Crippen LogP contribution in [-0.2, 0) is 4.79 Å². The normalized spacial score (nSPS) is 12.4. The summed E-state index contributed by atoms with van der Waals surface area (Å²) in [5.41, 5.74) is 4.43. The Morgan fingerprint density at radius 1 is 1.25 bits per heavy atom. The van der Waals surface area contributed by atoms with Crippen LogP contribution in [0.5, 0.6) is 5.75 Å². The van der Waals surface area contributed by atoms with E-state index in [0.717, 1.165) is 20.9 Å². The van der Waals surface area contributed by atoms with Crippen LogP contribution >= 0.6 is 15.9 Å². The van der Waals surface area contributed by atoms with Crippen LogP contribution in [0.1, 0.15) is 12.5 Å². The average molecular weight is 386 g/mol. The van der Waals surface area contributed by atoms with E-state index in [1.54, 1.807) is 19.2 Å². The maximum atomic E-state index is 12.1. The molecule has 122 valence electrons. The van der Waals surface area contributed by atoms with Crippen LogP contribution in [0.25, 0.3) is 10.9 Å². The largest absolute Gasteiger partial charge is 0.480 e. The van der Waals surface area contributed by atoms with Crippen LogP contribution in [0, 0.1) is 0 Å². The zero-order valence-corrected chi connectivity index (χ0v) is 14.6. The molecule has 1 unspecified atom stereocenters. The quantitative estimate of drug-likeness (QED) is 0.517. The SMILES string of the molecule is CC(Oc1ccccc1Br)C(=O)NN=Cc1c[nH]c2ccccc12. The lowest BCUT2D eigenvalue weighted by atomic mass is 10.2. The van der Waals surface area contributed by atoms with Crippen molar-refractivity contribution in [2.75, 3.05) is 0 Å². The molecule has 1 atom stereocenters. The lowest BCUT2D eigenvalue weighted by Crippen LogP contribution is -2.33. The van der Waals surface area contributed by atoms with Crippen molar-refractivity contribution < 1.29 is 9.53 Å². The Bertz CT molecular complexity index is 889. The van der Waals surface area contributed by atoms with E-state index in [2.05, 4.69) is 31.4 Å². The standard InChI is InChI=1S/C18H16BrN3O2/c1-12(24-17-9-5-3-7-15(17)19)18(23)22-21-11-13-10-20-16-8-4-2-6-14(13)16/h2-12,20H,1H3,(H,22,23). The van der Waals surface area contributed by atoms with E-state index in [0.29, 0.717) is 5.75 Å². The highest BCUT2D eigenvalue weighted by Gasteiger charge is 2.15. The van der Waals surface area contributed by atoms with Crippen molar-refractivity contribution in [3.05, 3.63) is 64.8 Å². The van der Waals surface area contributed by atoms with E-state index >= 15 is 0 Å². The van der Waals surface area contributed by atoms with Crippen molar-refractivity contribution >= 4 is 39.0 Å². The molecule has 0 bridgehead atoms. The fourth-order valence-electron chi connectivity index (χ4n) is 2.24. The molecular formula is C18H16BrN3O2. The minimum absolute atomic E-state index is 0.318. The van der Waals surface area contributed by atoms with Crippen LogP contribution in [0.4, 0.5) is 0 Å². The van der Waals surface area contributed by atoms with Gasteiger partial charge in [-0.1, -0.05) is 30.3 Å². The number of fused-ring (bicyclic) bond motifs is 1. The van der Waals surface area contributed by atoms with Gasteiger partial charge in [-0.3, -0.25) is 4.79 Å². The van der Waals surface area contributed by atoms with Gasteiger partial charge in [-0.15, -0.1) is 0 Å². The number of hydrogen-bond acceptors (Lipinski definition) is 3. The Kier molecular flexibility index (Phi) is 4.96. The van der Waals surface area contributed by atoms with Gasteiger partial charge in [-0.2, -0.15) is 5.10 Å². The summed E-state index contributed by atoms with van der Waals surface area (Å²) >= 11 is 3.39. The highest BCUT2D eigenvalue weighted by Crippen LogP contribution is 2.24.